The smallest absolute Gasteiger partial charge is 0.221 e. The van der Waals surface area contributed by atoms with Gasteiger partial charge in [0.1, 0.15) is 5.82 Å². The normalized spacial score (nSPS) is 13.4. The van der Waals surface area contributed by atoms with Gasteiger partial charge in [-0.2, -0.15) is 0 Å². The Hall–Kier alpha value is -1.43. The minimum Gasteiger partial charge on any atom is -0.369 e. The maximum absolute atomic E-state index is 12.8. The number of amides is 1. The number of nitrogens with two attached hydrogens (primary N) is 1. The number of hydrogen-bond acceptors (Lipinski definition) is 3. The van der Waals surface area contributed by atoms with Crippen LogP contribution in [0.15, 0.2) is 29.2 Å². The van der Waals surface area contributed by atoms with Crippen molar-refractivity contribution in [3.63, 3.8) is 0 Å². The first kappa shape index (κ1) is 12.6. The fourth-order valence-electron chi connectivity index (χ4n) is 1.17. The lowest BCUT2D eigenvalue weighted by Crippen LogP contribution is -2.27. The number of benzene rings is 1. The average Bonchev–Trinajstić information content (AvgIpc) is 2.17. The Morgan fingerprint density at radius 3 is 2.62 bits per heavy atom. The third kappa shape index (κ3) is 3.03. The number of rotatable bonds is 4. The number of halogens is 1. The molecule has 0 aliphatic carbocycles. The predicted octanol–water partition coefficient (Wildman–Crippen LogP) is 0.721. The third-order valence-electron chi connectivity index (χ3n) is 2.11. The molecule has 0 heterocycles. The van der Waals surface area contributed by atoms with Gasteiger partial charge in [-0.3, -0.25) is 4.79 Å². The fourth-order valence-corrected chi connectivity index (χ4v) is 2.76. The molecule has 1 atom stereocenters. The van der Waals surface area contributed by atoms with E-state index in [4.69, 9.17) is 5.73 Å². The summed E-state index contributed by atoms with van der Waals surface area (Å²) in [4.78, 5) is 10.6. The molecule has 0 saturated carbocycles. The van der Waals surface area contributed by atoms with E-state index < -0.39 is 33.2 Å². The first-order chi connectivity index (χ1) is 7.33. The number of carbonyl (C=O) groups is 1. The van der Waals surface area contributed by atoms with Crippen LogP contribution in [0.25, 0.3) is 0 Å². The van der Waals surface area contributed by atoms with E-state index in [1.165, 1.54) is 19.1 Å². The van der Waals surface area contributed by atoms with E-state index in [2.05, 4.69) is 0 Å². The molecule has 0 aliphatic heterocycles. The van der Waals surface area contributed by atoms with Crippen LogP contribution in [0.4, 0.5) is 4.39 Å². The number of primary amides is 1. The van der Waals surface area contributed by atoms with E-state index in [9.17, 15) is 17.6 Å². The Balaban J connectivity index is 2.99. The van der Waals surface area contributed by atoms with Crippen molar-refractivity contribution in [2.45, 2.75) is 11.8 Å². The van der Waals surface area contributed by atoms with Gasteiger partial charge in [-0.15, -0.1) is 0 Å². The molecule has 88 valence electrons. The molecular formula is C10H12FNO3S. The predicted molar refractivity (Wildman–Crippen MR) is 56.8 cm³/mol. The summed E-state index contributed by atoms with van der Waals surface area (Å²) in [5.41, 5.74) is 4.97. The highest BCUT2D eigenvalue weighted by atomic mass is 32.2. The van der Waals surface area contributed by atoms with Crippen LogP contribution in [-0.4, -0.2) is 20.1 Å². The standard InChI is InChI=1S/C10H12FNO3S/c1-7(10(12)13)6-16(14,15)9-4-2-3-8(11)5-9/h2-5,7H,6H2,1H3,(H2,12,13). The summed E-state index contributed by atoms with van der Waals surface area (Å²) < 4.78 is 36.3. The van der Waals surface area contributed by atoms with Crippen LogP contribution in [0.5, 0.6) is 0 Å². The van der Waals surface area contributed by atoms with Crippen LogP contribution >= 0.6 is 0 Å². The molecule has 2 N–H and O–H groups in total. The SMILES string of the molecule is CC(CS(=O)(=O)c1cccc(F)c1)C(N)=O. The van der Waals surface area contributed by atoms with Crippen LogP contribution in [0.3, 0.4) is 0 Å². The molecule has 0 aliphatic rings. The second-order valence-corrected chi connectivity index (χ2v) is 5.58. The van der Waals surface area contributed by atoms with Crippen molar-refractivity contribution in [2.24, 2.45) is 11.7 Å². The molecule has 1 aromatic rings. The van der Waals surface area contributed by atoms with Crippen LogP contribution in [0.1, 0.15) is 6.92 Å². The highest BCUT2D eigenvalue weighted by molar-refractivity contribution is 7.91. The highest BCUT2D eigenvalue weighted by Gasteiger charge is 2.21. The summed E-state index contributed by atoms with van der Waals surface area (Å²) in [6.45, 7) is 1.42. The number of carbonyl (C=O) groups excluding carboxylic acids is 1. The molecule has 0 bridgehead atoms. The first-order valence-corrected chi connectivity index (χ1v) is 6.26. The van der Waals surface area contributed by atoms with Crippen molar-refractivity contribution in [3.8, 4) is 0 Å². The van der Waals surface area contributed by atoms with E-state index in [-0.39, 0.29) is 4.90 Å². The van der Waals surface area contributed by atoms with Crippen molar-refractivity contribution in [3.05, 3.63) is 30.1 Å². The van der Waals surface area contributed by atoms with Crippen LogP contribution in [0.2, 0.25) is 0 Å². The zero-order valence-electron chi connectivity index (χ0n) is 8.68. The van der Waals surface area contributed by atoms with Gasteiger partial charge >= 0.3 is 0 Å². The second-order valence-electron chi connectivity index (χ2n) is 3.54. The van der Waals surface area contributed by atoms with E-state index in [0.717, 1.165) is 12.1 Å². The molecule has 6 heteroatoms. The van der Waals surface area contributed by atoms with E-state index in [1.54, 1.807) is 0 Å². The lowest BCUT2D eigenvalue weighted by molar-refractivity contribution is -0.120. The minimum absolute atomic E-state index is 0.138. The van der Waals surface area contributed by atoms with Gasteiger partial charge in [-0.05, 0) is 18.2 Å². The zero-order chi connectivity index (χ0) is 12.3. The van der Waals surface area contributed by atoms with E-state index in [1.807, 2.05) is 0 Å². The van der Waals surface area contributed by atoms with Gasteiger partial charge in [0.25, 0.3) is 0 Å². The Morgan fingerprint density at radius 1 is 1.50 bits per heavy atom. The van der Waals surface area contributed by atoms with Crippen molar-refractivity contribution >= 4 is 15.7 Å². The van der Waals surface area contributed by atoms with Gasteiger partial charge in [0.15, 0.2) is 9.84 Å². The van der Waals surface area contributed by atoms with E-state index in [0.29, 0.717) is 0 Å². The summed E-state index contributed by atoms with van der Waals surface area (Å²) in [6, 6.07) is 4.66. The second kappa shape index (κ2) is 4.61. The summed E-state index contributed by atoms with van der Waals surface area (Å²) in [5.74, 6) is -2.53. The maximum atomic E-state index is 12.8. The Morgan fingerprint density at radius 2 is 2.12 bits per heavy atom. The van der Waals surface area contributed by atoms with Crippen LogP contribution in [-0.2, 0) is 14.6 Å². The van der Waals surface area contributed by atoms with Crippen LogP contribution < -0.4 is 5.73 Å². The average molecular weight is 245 g/mol. The third-order valence-corrected chi connectivity index (χ3v) is 4.02. The molecule has 0 aromatic heterocycles. The molecule has 4 nitrogen and oxygen atoms in total. The first-order valence-electron chi connectivity index (χ1n) is 4.60. The molecular weight excluding hydrogens is 233 g/mol. The molecule has 0 saturated heterocycles. The van der Waals surface area contributed by atoms with Crippen LogP contribution in [0, 0.1) is 11.7 Å². The zero-order valence-corrected chi connectivity index (χ0v) is 9.50. The molecule has 0 fully saturated rings. The summed E-state index contributed by atoms with van der Waals surface area (Å²) in [5, 5.41) is 0. The van der Waals surface area contributed by atoms with Gasteiger partial charge in [0.05, 0.1) is 10.6 Å². The topological polar surface area (TPSA) is 77.2 Å². The van der Waals surface area contributed by atoms with Gasteiger partial charge in [-0.25, -0.2) is 12.8 Å². The van der Waals surface area contributed by atoms with Gasteiger partial charge in [0, 0.05) is 5.92 Å². The van der Waals surface area contributed by atoms with Gasteiger partial charge in [-0.1, -0.05) is 13.0 Å². The van der Waals surface area contributed by atoms with Crippen molar-refractivity contribution in [1.29, 1.82) is 0 Å². The lowest BCUT2D eigenvalue weighted by atomic mass is 10.2. The lowest BCUT2D eigenvalue weighted by Gasteiger charge is -2.08. The molecule has 1 aromatic carbocycles. The van der Waals surface area contributed by atoms with E-state index >= 15 is 0 Å². The molecule has 1 unspecified atom stereocenters. The molecule has 1 amide bonds. The molecule has 1 rings (SSSR count). The highest BCUT2D eigenvalue weighted by Crippen LogP contribution is 2.15. The molecule has 0 radical (unpaired) electrons. The molecule has 16 heavy (non-hydrogen) atoms. The van der Waals surface area contributed by atoms with Gasteiger partial charge < -0.3 is 5.73 Å². The quantitative estimate of drug-likeness (QED) is 0.849. The maximum Gasteiger partial charge on any atom is 0.221 e. The Labute approximate surface area is 93.2 Å². The number of sulfone groups is 1. The van der Waals surface area contributed by atoms with Gasteiger partial charge in [0.2, 0.25) is 5.91 Å². The largest absolute Gasteiger partial charge is 0.369 e. The van der Waals surface area contributed by atoms with Crippen molar-refractivity contribution in [2.75, 3.05) is 5.75 Å². The summed E-state index contributed by atoms with van der Waals surface area (Å²) in [7, 11) is -3.67. The Kier molecular flexibility index (Phi) is 3.64. The van der Waals surface area contributed by atoms with Crippen molar-refractivity contribution in [1.82, 2.24) is 0 Å². The minimum atomic E-state index is -3.67. The van der Waals surface area contributed by atoms with Crippen molar-refractivity contribution < 1.29 is 17.6 Å². The number of hydrogen-bond donors (Lipinski definition) is 1. The fraction of sp³-hybridized carbons (Fsp3) is 0.300. The summed E-state index contributed by atoms with van der Waals surface area (Å²) in [6.07, 6.45) is 0. The Bertz CT molecular complexity index is 499. The summed E-state index contributed by atoms with van der Waals surface area (Å²) >= 11 is 0. The molecule has 0 spiro atoms. The monoisotopic (exact) mass is 245 g/mol.